The fraction of sp³-hybridized carbons (Fsp3) is 0.667. The highest BCUT2D eigenvalue weighted by Gasteiger charge is 2.15. The first-order valence-electron chi connectivity index (χ1n) is 6.12. The number of aromatic nitrogens is 2. The summed E-state index contributed by atoms with van der Waals surface area (Å²) in [5.41, 5.74) is 1.08. The standard InChI is InChI=1S/C12H20N4O/c1-9-7-15-12(13-2)16-11(9)14-5-3-10-4-6-17-8-10/h7,10H,3-6,8H2,1-2H3,(H2,13,14,15,16). The second-order valence-corrected chi connectivity index (χ2v) is 4.42. The Morgan fingerprint density at radius 3 is 3.12 bits per heavy atom. The molecule has 0 spiro atoms. The molecule has 2 heterocycles. The third-order valence-electron chi connectivity index (χ3n) is 3.06. The SMILES string of the molecule is CNc1ncc(C)c(NCCC2CCOC2)n1. The molecule has 0 saturated carbocycles. The van der Waals surface area contributed by atoms with Crippen molar-refractivity contribution in [2.75, 3.05) is 37.4 Å². The van der Waals surface area contributed by atoms with Gasteiger partial charge in [-0.15, -0.1) is 0 Å². The van der Waals surface area contributed by atoms with Gasteiger partial charge in [0, 0.05) is 38.6 Å². The number of ether oxygens (including phenoxy) is 1. The van der Waals surface area contributed by atoms with Crippen LogP contribution in [0.3, 0.4) is 0 Å². The van der Waals surface area contributed by atoms with E-state index in [1.807, 2.05) is 20.2 Å². The van der Waals surface area contributed by atoms with E-state index in [0.29, 0.717) is 11.9 Å². The molecule has 1 aromatic heterocycles. The lowest BCUT2D eigenvalue weighted by Gasteiger charge is -2.11. The zero-order valence-corrected chi connectivity index (χ0v) is 10.5. The van der Waals surface area contributed by atoms with Gasteiger partial charge in [-0.1, -0.05) is 0 Å². The Hall–Kier alpha value is -1.36. The van der Waals surface area contributed by atoms with Crippen molar-refractivity contribution in [1.82, 2.24) is 9.97 Å². The van der Waals surface area contributed by atoms with E-state index in [0.717, 1.165) is 37.6 Å². The maximum Gasteiger partial charge on any atom is 0.224 e. The molecule has 1 aliphatic heterocycles. The van der Waals surface area contributed by atoms with Crippen molar-refractivity contribution in [3.05, 3.63) is 11.8 Å². The minimum absolute atomic E-state index is 0.655. The van der Waals surface area contributed by atoms with Gasteiger partial charge in [0.25, 0.3) is 0 Å². The number of nitrogens with one attached hydrogen (secondary N) is 2. The van der Waals surface area contributed by atoms with Crippen LogP contribution >= 0.6 is 0 Å². The zero-order chi connectivity index (χ0) is 12.1. The molecule has 0 aromatic carbocycles. The fourth-order valence-corrected chi connectivity index (χ4v) is 1.95. The highest BCUT2D eigenvalue weighted by molar-refractivity contribution is 5.46. The Bertz CT molecular complexity index is 364. The lowest BCUT2D eigenvalue weighted by molar-refractivity contribution is 0.185. The summed E-state index contributed by atoms with van der Waals surface area (Å²) in [4.78, 5) is 8.55. The van der Waals surface area contributed by atoms with Crippen molar-refractivity contribution in [1.29, 1.82) is 0 Å². The van der Waals surface area contributed by atoms with Gasteiger partial charge < -0.3 is 15.4 Å². The monoisotopic (exact) mass is 236 g/mol. The van der Waals surface area contributed by atoms with Crippen LogP contribution in [0.5, 0.6) is 0 Å². The van der Waals surface area contributed by atoms with Crippen LogP contribution < -0.4 is 10.6 Å². The van der Waals surface area contributed by atoms with Gasteiger partial charge in [0.1, 0.15) is 5.82 Å². The minimum atomic E-state index is 0.655. The Morgan fingerprint density at radius 1 is 1.53 bits per heavy atom. The van der Waals surface area contributed by atoms with Gasteiger partial charge in [-0.2, -0.15) is 4.98 Å². The van der Waals surface area contributed by atoms with Gasteiger partial charge in [0.15, 0.2) is 0 Å². The zero-order valence-electron chi connectivity index (χ0n) is 10.5. The molecule has 1 aliphatic rings. The molecule has 0 radical (unpaired) electrons. The largest absolute Gasteiger partial charge is 0.381 e. The van der Waals surface area contributed by atoms with Gasteiger partial charge in [-0.3, -0.25) is 0 Å². The van der Waals surface area contributed by atoms with Crippen LogP contribution in [0.25, 0.3) is 0 Å². The van der Waals surface area contributed by atoms with E-state index in [2.05, 4.69) is 20.6 Å². The second kappa shape index (κ2) is 5.82. The molecule has 5 nitrogen and oxygen atoms in total. The third kappa shape index (κ3) is 3.30. The maximum absolute atomic E-state index is 5.36. The van der Waals surface area contributed by atoms with Crippen molar-refractivity contribution in [3.8, 4) is 0 Å². The van der Waals surface area contributed by atoms with Gasteiger partial charge in [-0.05, 0) is 25.7 Å². The lowest BCUT2D eigenvalue weighted by Crippen LogP contribution is -2.11. The quantitative estimate of drug-likeness (QED) is 0.814. The summed E-state index contributed by atoms with van der Waals surface area (Å²) in [6.45, 7) is 4.78. The summed E-state index contributed by atoms with van der Waals surface area (Å²) < 4.78 is 5.36. The predicted molar refractivity (Wildman–Crippen MR) is 68.3 cm³/mol. The Morgan fingerprint density at radius 2 is 2.41 bits per heavy atom. The van der Waals surface area contributed by atoms with Gasteiger partial charge in [-0.25, -0.2) is 4.98 Å². The highest BCUT2D eigenvalue weighted by atomic mass is 16.5. The molecule has 0 bridgehead atoms. The Labute approximate surface area is 102 Å². The van der Waals surface area contributed by atoms with Crippen LogP contribution in [0.2, 0.25) is 0 Å². The van der Waals surface area contributed by atoms with E-state index in [-0.39, 0.29) is 0 Å². The first-order valence-corrected chi connectivity index (χ1v) is 6.12. The summed E-state index contributed by atoms with van der Waals surface area (Å²) >= 11 is 0. The van der Waals surface area contributed by atoms with Crippen molar-refractivity contribution < 1.29 is 4.74 Å². The second-order valence-electron chi connectivity index (χ2n) is 4.42. The first kappa shape index (κ1) is 12.1. The molecule has 94 valence electrons. The average Bonchev–Trinajstić information content (AvgIpc) is 2.84. The number of nitrogens with zero attached hydrogens (tertiary/aromatic N) is 2. The fourth-order valence-electron chi connectivity index (χ4n) is 1.95. The topological polar surface area (TPSA) is 59.1 Å². The highest BCUT2D eigenvalue weighted by Crippen LogP contribution is 2.17. The van der Waals surface area contributed by atoms with E-state index in [9.17, 15) is 0 Å². The first-order chi connectivity index (χ1) is 8.29. The molecule has 1 aromatic rings. The minimum Gasteiger partial charge on any atom is -0.381 e. The smallest absolute Gasteiger partial charge is 0.224 e. The molecule has 0 aliphatic carbocycles. The number of rotatable bonds is 5. The summed E-state index contributed by atoms with van der Waals surface area (Å²) in [5, 5.41) is 6.31. The Balaban J connectivity index is 1.84. The van der Waals surface area contributed by atoms with Crippen LogP contribution in [-0.4, -0.2) is 36.8 Å². The van der Waals surface area contributed by atoms with E-state index in [1.54, 1.807) is 0 Å². The summed E-state index contributed by atoms with van der Waals surface area (Å²) in [6, 6.07) is 0. The van der Waals surface area contributed by atoms with Crippen LogP contribution in [0, 0.1) is 12.8 Å². The normalized spacial score (nSPS) is 19.3. The van der Waals surface area contributed by atoms with E-state index in [1.165, 1.54) is 6.42 Å². The number of anilines is 2. The molecule has 17 heavy (non-hydrogen) atoms. The summed E-state index contributed by atoms with van der Waals surface area (Å²) in [5.74, 6) is 2.28. The van der Waals surface area contributed by atoms with Gasteiger partial charge in [0.05, 0.1) is 0 Å². The van der Waals surface area contributed by atoms with Crippen molar-refractivity contribution in [2.24, 2.45) is 5.92 Å². The Kier molecular flexibility index (Phi) is 4.14. The van der Waals surface area contributed by atoms with E-state index in [4.69, 9.17) is 4.74 Å². The lowest BCUT2D eigenvalue weighted by atomic mass is 10.1. The van der Waals surface area contributed by atoms with Crippen molar-refractivity contribution in [3.63, 3.8) is 0 Å². The summed E-state index contributed by atoms with van der Waals surface area (Å²) in [6.07, 6.45) is 4.16. The maximum atomic E-state index is 5.36. The molecular formula is C12H20N4O. The molecule has 2 rings (SSSR count). The molecule has 0 amide bonds. The molecule has 1 fully saturated rings. The van der Waals surface area contributed by atoms with Crippen LogP contribution in [0.4, 0.5) is 11.8 Å². The van der Waals surface area contributed by atoms with Crippen molar-refractivity contribution in [2.45, 2.75) is 19.8 Å². The molecule has 2 N–H and O–H groups in total. The van der Waals surface area contributed by atoms with Crippen LogP contribution in [-0.2, 0) is 4.74 Å². The molecule has 1 atom stereocenters. The molecule has 5 heteroatoms. The third-order valence-corrected chi connectivity index (χ3v) is 3.06. The predicted octanol–water partition coefficient (Wildman–Crippen LogP) is 1.67. The number of aryl methyl sites for hydroxylation is 1. The van der Waals surface area contributed by atoms with Gasteiger partial charge in [0.2, 0.25) is 5.95 Å². The van der Waals surface area contributed by atoms with Gasteiger partial charge >= 0.3 is 0 Å². The number of hydrogen-bond donors (Lipinski definition) is 2. The van der Waals surface area contributed by atoms with E-state index >= 15 is 0 Å². The number of hydrogen-bond acceptors (Lipinski definition) is 5. The van der Waals surface area contributed by atoms with Crippen LogP contribution in [0.1, 0.15) is 18.4 Å². The molecule has 1 saturated heterocycles. The summed E-state index contributed by atoms with van der Waals surface area (Å²) in [7, 11) is 1.82. The molecular weight excluding hydrogens is 216 g/mol. The van der Waals surface area contributed by atoms with Crippen LogP contribution in [0.15, 0.2) is 6.20 Å². The average molecular weight is 236 g/mol. The van der Waals surface area contributed by atoms with Crippen molar-refractivity contribution >= 4 is 11.8 Å². The molecule has 1 unspecified atom stereocenters. The van der Waals surface area contributed by atoms with E-state index < -0.39 is 0 Å².